The van der Waals surface area contributed by atoms with Crippen molar-refractivity contribution < 1.29 is 8.42 Å². The van der Waals surface area contributed by atoms with Crippen LogP contribution in [0.2, 0.25) is 0 Å². The Morgan fingerprint density at radius 1 is 1.33 bits per heavy atom. The minimum Gasteiger partial charge on any atom is -0.347 e. The van der Waals surface area contributed by atoms with E-state index in [1.54, 1.807) is 6.20 Å². The number of imidazole rings is 1. The highest BCUT2D eigenvalue weighted by molar-refractivity contribution is 7.89. The van der Waals surface area contributed by atoms with Crippen molar-refractivity contribution in [2.75, 3.05) is 18.8 Å². The summed E-state index contributed by atoms with van der Waals surface area (Å²) in [7, 11) is -3.18. The van der Waals surface area contributed by atoms with Gasteiger partial charge in [0.05, 0.1) is 18.6 Å². The van der Waals surface area contributed by atoms with Crippen LogP contribution in [-0.2, 0) is 16.6 Å². The third-order valence-electron chi connectivity index (χ3n) is 2.48. The Bertz CT molecular complexity index is 403. The quantitative estimate of drug-likeness (QED) is 0.546. The molecule has 0 aromatic carbocycles. The fourth-order valence-electron chi connectivity index (χ4n) is 1.49. The van der Waals surface area contributed by atoms with Gasteiger partial charge in [-0.2, -0.15) is 0 Å². The molecular formula is C11H22N4O2S. The van der Waals surface area contributed by atoms with Gasteiger partial charge in [-0.05, 0) is 32.4 Å². The number of aromatic nitrogens is 2. The van der Waals surface area contributed by atoms with E-state index in [1.807, 2.05) is 0 Å². The van der Waals surface area contributed by atoms with Crippen molar-refractivity contribution in [1.82, 2.24) is 20.0 Å². The fourth-order valence-corrected chi connectivity index (χ4v) is 2.59. The van der Waals surface area contributed by atoms with Crippen LogP contribution in [0.4, 0.5) is 0 Å². The monoisotopic (exact) mass is 274 g/mol. The molecule has 104 valence electrons. The number of aromatic amines is 1. The first kappa shape index (κ1) is 15.1. The van der Waals surface area contributed by atoms with E-state index in [1.165, 1.54) is 6.33 Å². The van der Waals surface area contributed by atoms with Crippen molar-refractivity contribution in [3.63, 3.8) is 0 Å². The lowest BCUT2D eigenvalue weighted by molar-refractivity contribution is 0.572. The number of hydrogen-bond donors (Lipinski definition) is 3. The molecule has 0 fully saturated rings. The molecule has 0 saturated carbocycles. The Labute approximate surface area is 109 Å². The number of nitrogens with one attached hydrogen (secondary N) is 3. The second-order valence-corrected chi connectivity index (χ2v) is 6.10. The lowest BCUT2D eigenvalue weighted by Gasteiger charge is -2.06. The van der Waals surface area contributed by atoms with Gasteiger partial charge in [-0.3, -0.25) is 0 Å². The predicted octanol–water partition coefficient (Wildman–Crippen LogP) is 0.609. The first-order valence-corrected chi connectivity index (χ1v) is 7.94. The van der Waals surface area contributed by atoms with Gasteiger partial charge >= 0.3 is 0 Å². The lowest BCUT2D eigenvalue weighted by atomic mass is 10.3. The Hall–Kier alpha value is -0.920. The van der Waals surface area contributed by atoms with Gasteiger partial charge in [0.2, 0.25) is 10.0 Å². The molecule has 0 atom stereocenters. The Balaban J connectivity index is 2.12. The summed E-state index contributed by atoms with van der Waals surface area (Å²) in [6.07, 6.45) is 5.80. The molecule has 1 aromatic rings. The molecule has 0 bridgehead atoms. The molecule has 0 amide bonds. The van der Waals surface area contributed by atoms with Crippen LogP contribution >= 0.6 is 0 Å². The first-order chi connectivity index (χ1) is 8.64. The van der Waals surface area contributed by atoms with Crippen molar-refractivity contribution in [2.24, 2.45) is 0 Å². The van der Waals surface area contributed by atoms with E-state index in [-0.39, 0.29) is 12.3 Å². The molecule has 0 unspecified atom stereocenters. The van der Waals surface area contributed by atoms with Crippen molar-refractivity contribution in [3.8, 4) is 0 Å². The molecule has 1 aromatic heterocycles. The molecule has 1 rings (SSSR count). The summed E-state index contributed by atoms with van der Waals surface area (Å²) in [5, 5.41) is 3.25. The molecule has 1 heterocycles. The topological polar surface area (TPSA) is 86.9 Å². The van der Waals surface area contributed by atoms with Gasteiger partial charge < -0.3 is 10.3 Å². The van der Waals surface area contributed by atoms with Crippen LogP contribution < -0.4 is 10.0 Å². The number of rotatable bonds is 10. The van der Waals surface area contributed by atoms with Gasteiger partial charge in [-0.15, -0.1) is 0 Å². The summed E-state index contributed by atoms with van der Waals surface area (Å²) >= 11 is 0. The highest BCUT2D eigenvalue weighted by Crippen LogP contribution is 1.97. The molecule has 0 aliphatic rings. The van der Waals surface area contributed by atoms with Gasteiger partial charge in [-0.1, -0.05) is 6.92 Å². The summed E-state index contributed by atoms with van der Waals surface area (Å²) in [6, 6.07) is 0. The van der Waals surface area contributed by atoms with Crippen LogP contribution in [0.5, 0.6) is 0 Å². The predicted molar refractivity (Wildman–Crippen MR) is 71.6 cm³/mol. The van der Waals surface area contributed by atoms with E-state index >= 15 is 0 Å². The fraction of sp³-hybridized carbons (Fsp3) is 0.727. The second kappa shape index (κ2) is 8.23. The summed E-state index contributed by atoms with van der Waals surface area (Å²) in [5.41, 5.74) is 0.767. The third kappa shape index (κ3) is 6.73. The summed E-state index contributed by atoms with van der Waals surface area (Å²) in [4.78, 5) is 6.68. The molecular weight excluding hydrogens is 252 g/mol. The molecule has 6 nitrogen and oxygen atoms in total. The van der Waals surface area contributed by atoms with Gasteiger partial charge in [0.25, 0.3) is 0 Å². The van der Waals surface area contributed by atoms with E-state index in [2.05, 4.69) is 26.9 Å². The highest BCUT2D eigenvalue weighted by atomic mass is 32.2. The number of hydrogen-bond acceptors (Lipinski definition) is 4. The van der Waals surface area contributed by atoms with E-state index < -0.39 is 10.0 Å². The minimum absolute atomic E-state index is 0.176. The van der Waals surface area contributed by atoms with Crippen LogP contribution in [0, 0.1) is 0 Å². The molecule has 3 N–H and O–H groups in total. The third-order valence-corrected chi connectivity index (χ3v) is 3.89. The minimum atomic E-state index is -3.18. The standard InChI is InChI=1S/C11H22N4O2S/c1-2-5-12-6-3-4-7-18(16,17)15-9-11-8-13-10-14-11/h8,10,12,15H,2-7,9H2,1H3,(H,13,14). The number of unbranched alkanes of at least 4 members (excludes halogenated alkanes) is 1. The van der Waals surface area contributed by atoms with Crippen molar-refractivity contribution >= 4 is 10.0 Å². The summed E-state index contributed by atoms with van der Waals surface area (Å²) in [5.74, 6) is 0.176. The van der Waals surface area contributed by atoms with Crippen LogP contribution in [-0.4, -0.2) is 37.2 Å². The van der Waals surface area contributed by atoms with Crippen LogP contribution in [0.1, 0.15) is 31.9 Å². The number of H-pyrrole nitrogens is 1. The van der Waals surface area contributed by atoms with E-state index in [4.69, 9.17) is 0 Å². The summed E-state index contributed by atoms with van der Waals surface area (Å²) < 4.78 is 25.8. The highest BCUT2D eigenvalue weighted by Gasteiger charge is 2.09. The Morgan fingerprint density at radius 3 is 2.83 bits per heavy atom. The smallest absolute Gasteiger partial charge is 0.211 e. The zero-order chi connectivity index (χ0) is 13.3. The van der Waals surface area contributed by atoms with Gasteiger partial charge in [0.1, 0.15) is 0 Å². The van der Waals surface area contributed by atoms with Crippen LogP contribution in [0.15, 0.2) is 12.5 Å². The van der Waals surface area contributed by atoms with E-state index in [0.29, 0.717) is 6.42 Å². The SMILES string of the molecule is CCCNCCCCS(=O)(=O)NCc1cnc[nH]1. The van der Waals surface area contributed by atoms with Gasteiger partial charge in [0, 0.05) is 11.9 Å². The molecule has 0 spiro atoms. The van der Waals surface area contributed by atoms with Crippen LogP contribution in [0.25, 0.3) is 0 Å². The molecule has 7 heteroatoms. The van der Waals surface area contributed by atoms with Crippen molar-refractivity contribution in [2.45, 2.75) is 32.7 Å². The van der Waals surface area contributed by atoms with Crippen molar-refractivity contribution in [1.29, 1.82) is 0 Å². The maximum Gasteiger partial charge on any atom is 0.211 e. The molecule has 0 radical (unpaired) electrons. The maximum absolute atomic E-state index is 11.6. The normalized spacial score (nSPS) is 11.8. The average molecular weight is 274 g/mol. The molecule has 18 heavy (non-hydrogen) atoms. The van der Waals surface area contributed by atoms with E-state index in [9.17, 15) is 8.42 Å². The molecule has 0 saturated heterocycles. The van der Waals surface area contributed by atoms with Crippen LogP contribution in [0.3, 0.4) is 0 Å². The lowest BCUT2D eigenvalue weighted by Crippen LogP contribution is -2.26. The van der Waals surface area contributed by atoms with Gasteiger partial charge in [0.15, 0.2) is 0 Å². The zero-order valence-electron chi connectivity index (χ0n) is 10.8. The second-order valence-electron chi connectivity index (χ2n) is 4.17. The van der Waals surface area contributed by atoms with Gasteiger partial charge in [-0.25, -0.2) is 18.1 Å². The first-order valence-electron chi connectivity index (χ1n) is 6.29. The Kier molecular flexibility index (Phi) is 6.92. The zero-order valence-corrected chi connectivity index (χ0v) is 11.6. The number of nitrogens with zero attached hydrogens (tertiary/aromatic N) is 1. The molecule has 0 aliphatic carbocycles. The Morgan fingerprint density at radius 2 is 2.17 bits per heavy atom. The maximum atomic E-state index is 11.6. The summed E-state index contributed by atoms with van der Waals surface area (Å²) in [6.45, 7) is 4.25. The van der Waals surface area contributed by atoms with Crippen molar-refractivity contribution in [3.05, 3.63) is 18.2 Å². The van der Waals surface area contributed by atoms with E-state index in [0.717, 1.165) is 31.6 Å². The largest absolute Gasteiger partial charge is 0.347 e. The average Bonchev–Trinajstić information content (AvgIpc) is 2.84. The number of sulfonamides is 1. The molecule has 0 aliphatic heterocycles.